The van der Waals surface area contributed by atoms with E-state index in [-0.39, 0.29) is 23.7 Å². The molecular weight excluding hydrogens is 267 g/mol. The van der Waals surface area contributed by atoms with E-state index in [1.54, 1.807) is 12.1 Å². The predicted octanol–water partition coefficient (Wildman–Crippen LogP) is 3.39. The van der Waals surface area contributed by atoms with E-state index in [9.17, 15) is 13.2 Å². The Morgan fingerprint density at radius 1 is 1.33 bits per heavy atom. The third kappa shape index (κ3) is 3.29. The molecule has 0 radical (unpaired) electrons. The summed E-state index contributed by atoms with van der Waals surface area (Å²) >= 11 is 0. The molecule has 1 aliphatic rings. The molecule has 2 N–H and O–H groups in total. The number of benzene rings is 1. The van der Waals surface area contributed by atoms with Crippen LogP contribution in [-0.4, -0.2) is 12.3 Å². The van der Waals surface area contributed by atoms with Gasteiger partial charge < -0.3 is 10.5 Å². The number of alkyl halides is 3. The van der Waals surface area contributed by atoms with Crippen LogP contribution in [0.25, 0.3) is 0 Å². The summed E-state index contributed by atoms with van der Waals surface area (Å²) in [6.45, 7) is 0.988. The first-order valence-electron chi connectivity index (χ1n) is 5.44. The van der Waals surface area contributed by atoms with Crippen LogP contribution >= 0.6 is 12.4 Å². The molecule has 1 aromatic rings. The Hall–Kier alpha value is -0.940. The Balaban J connectivity index is 0.00000162. The Kier molecular flexibility index (Phi) is 4.18. The largest absolute Gasteiger partial charge is 0.481 e. The van der Waals surface area contributed by atoms with Gasteiger partial charge in [-0.1, -0.05) is 12.1 Å². The highest BCUT2D eigenvalue weighted by molar-refractivity contribution is 5.85. The van der Waals surface area contributed by atoms with Crippen LogP contribution in [0.5, 0.6) is 5.75 Å². The summed E-state index contributed by atoms with van der Waals surface area (Å²) in [6.07, 6.45) is -4.43. The van der Waals surface area contributed by atoms with Gasteiger partial charge in [-0.25, -0.2) is 0 Å². The van der Waals surface area contributed by atoms with Crippen molar-refractivity contribution in [2.75, 3.05) is 0 Å². The second kappa shape index (κ2) is 4.97. The summed E-state index contributed by atoms with van der Waals surface area (Å²) in [6, 6.07) is 6.59. The van der Waals surface area contributed by atoms with Gasteiger partial charge in [0.1, 0.15) is 5.75 Å². The maximum absolute atomic E-state index is 12.3. The topological polar surface area (TPSA) is 35.2 Å². The van der Waals surface area contributed by atoms with Crippen molar-refractivity contribution >= 4 is 12.4 Å². The molecule has 1 unspecified atom stereocenters. The highest BCUT2D eigenvalue weighted by Crippen LogP contribution is 2.43. The average molecular weight is 282 g/mol. The highest BCUT2D eigenvalue weighted by atomic mass is 35.5. The van der Waals surface area contributed by atoms with Gasteiger partial charge in [0, 0.05) is 5.54 Å². The molecule has 2 nitrogen and oxygen atoms in total. The van der Waals surface area contributed by atoms with Gasteiger partial charge in [-0.2, -0.15) is 13.2 Å². The van der Waals surface area contributed by atoms with Gasteiger partial charge in [-0.05, 0) is 37.5 Å². The standard InChI is InChI=1S/C12H14F3NO.ClH/c1-8(12(13,14)15)17-10-4-2-3-9(7-10)11(16)5-6-11;/h2-4,7-8H,5-6,16H2,1H3;1H. The highest BCUT2D eigenvalue weighted by Gasteiger charge is 2.41. The number of hydrogen-bond acceptors (Lipinski definition) is 2. The van der Waals surface area contributed by atoms with E-state index in [4.69, 9.17) is 10.5 Å². The summed E-state index contributed by atoms with van der Waals surface area (Å²) in [4.78, 5) is 0. The SMILES string of the molecule is CC(Oc1cccc(C2(N)CC2)c1)C(F)(F)F.Cl. The molecule has 1 atom stereocenters. The van der Waals surface area contributed by atoms with Crippen molar-refractivity contribution in [1.29, 1.82) is 0 Å². The molecule has 18 heavy (non-hydrogen) atoms. The van der Waals surface area contributed by atoms with E-state index in [0.717, 1.165) is 25.3 Å². The van der Waals surface area contributed by atoms with Crippen LogP contribution in [-0.2, 0) is 5.54 Å². The van der Waals surface area contributed by atoms with Crippen LogP contribution < -0.4 is 10.5 Å². The van der Waals surface area contributed by atoms with E-state index in [1.807, 2.05) is 6.07 Å². The molecule has 1 fully saturated rings. The quantitative estimate of drug-likeness (QED) is 0.922. The van der Waals surface area contributed by atoms with Gasteiger partial charge in [-0.15, -0.1) is 12.4 Å². The van der Waals surface area contributed by atoms with E-state index in [2.05, 4.69) is 0 Å². The normalized spacial score (nSPS) is 18.7. The minimum atomic E-state index is -4.35. The molecule has 6 heteroatoms. The van der Waals surface area contributed by atoms with E-state index in [1.165, 1.54) is 6.07 Å². The van der Waals surface area contributed by atoms with Crippen LogP contribution in [0.4, 0.5) is 13.2 Å². The van der Waals surface area contributed by atoms with Crippen LogP contribution in [0.15, 0.2) is 24.3 Å². The molecule has 1 aromatic carbocycles. The fraction of sp³-hybridized carbons (Fsp3) is 0.500. The minimum absolute atomic E-state index is 0. The second-order valence-electron chi connectivity index (χ2n) is 4.49. The van der Waals surface area contributed by atoms with Crippen molar-refractivity contribution in [3.8, 4) is 5.75 Å². The third-order valence-corrected chi connectivity index (χ3v) is 2.97. The van der Waals surface area contributed by atoms with E-state index >= 15 is 0 Å². The van der Waals surface area contributed by atoms with Gasteiger partial charge in [0.15, 0.2) is 6.10 Å². The van der Waals surface area contributed by atoms with Crippen molar-refractivity contribution in [2.24, 2.45) is 5.73 Å². The van der Waals surface area contributed by atoms with Crippen molar-refractivity contribution in [3.63, 3.8) is 0 Å². The third-order valence-electron chi connectivity index (χ3n) is 2.97. The molecule has 0 aromatic heterocycles. The average Bonchev–Trinajstić information content (AvgIpc) is 2.97. The smallest absolute Gasteiger partial charge is 0.425 e. The Bertz CT molecular complexity index is 418. The van der Waals surface area contributed by atoms with Crippen LogP contribution in [0.2, 0.25) is 0 Å². The maximum atomic E-state index is 12.3. The van der Waals surface area contributed by atoms with Crippen LogP contribution in [0, 0.1) is 0 Å². The zero-order valence-electron chi connectivity index (χ0n) is 9.83. The Morgan fingerprint density at radius 3 is 2.44 bits per heavy atom. The summed E-state index contributed by atoms with van der Waals surface area (Å²) in [5, 5.41) is 0. The zero-order chi connectivity index (χ0) is 12.7. The first kappa shape index (κ1) is 15.1. The van der Waals surface area contributed by atoms with Crippen molar-refractivity contribution in [3.05, 3.63) is 29.8 Å². The summed E-state index contributed by atoms with van der Waals surface area (Å²) in [5.74, 6) is 0.212. The Labute approximate surface area is 110 Å². The van der Waals surface area contributed by atoms with Gasteiger partial charge >= 0.3 is 6.18 Å². The van der Waals surface area contributed by atoms with Gasteiger partial charge in [0.25, 0.3) is 0 Å². The fourth-order valence-corrected chi connectivity index (χ4v) is 1.57. The Morgan fingerprint density at radius 2 is 1.94 bits per heavy atom. The van der Waals surface area contributed by atoms with Crippen molar-refractivity contribution in [2.45, 2.75) is 37.6 Å². The molecular formula is C12H15ClF3NO. The first-order valence-corrected chi connectivity index (χ1v) is 5.44. The van der Waals surface area contributed by atoms with Gasteiger partial charge in [-0.3, -0.25) is 0 Å². The van der Waals surface area contributed by atoms with E-state index in [0.29, 0.717) is 0 Å². The molecule has 0 bridgehead atoms. The molecule has 102 valence electrons. The molecule has 0 saturated heterocycles. The lowest BCUT2D eigenvalue weighted by Gasteiger charge is -2.18. The lowest BCUT2D eigenvalue weighted by molar-refractivity contribution is -0.189. The second-order valence-corrected chi connectivity index (χ2v) is 4.49. The summed E-state index contributed by atoms with van der Waals surface area (Å²) in [7, 11) is 0. The molecule has 0 aliphatic heterocycles. The van der Waals surface area contributed by atoms with Crippen molar-refractivity contribution in [1.82, 2.24) is 0 Å². The number of nitrogens with two attached hydrogens (primary N) is 1. The van der Waals surface area contributed by atoms with Gasteiger partial charge in [0.2, 0.25) is 0 Å². The summed E-state index contributed by atoms with van der Waals surface area (Å²) in [5.41, 5.74) is 6.45. The number of ether oxygens (including phenoxy) is 1. The van der Waals surface area contributed by atoms with Crippen molar-refractivity contribution < 1.29 is 17.9 Å². The summed E-state index contributed by atoms with van der Waals surface area (Å²) < 4.78 is 41.9. The fourth-order valence-electron chi connectivity index (χ4n) is 1.57. The maximum Gasteiger partial charge on any atom is 0.425 e. The molecule has 0 spiro atoms. The molecule has 1 saturated carbocycles. The molecule has 1 aliphatic carbocycles. The van der Waals surface area contributed by atoms with E-state index < -0.39 is 12.3 Å². The number of rotatable bonds is 3. The predicted molar refractivity (Wildman–Crippen MR) is 64.9 cm³/mol. The molecule has 0 amide bonds. The lowest BCUT2D eigenvalue weighted by atomic mass is 10.1. The zero-order valence-corrected chi connectivity index (χ0v) is 10.6. The van der Waals surface area contributed by atoms with Crippen LogP contribution in [0.3, 0.4) is 0 Å². The van der Waals surface area contributed by atoms with Crippen LogP contribution in [0.1, 0.15) is 25.3 Å². The molecule has 2 rings (SSSR count). The van der Waals surface area contributed by atoms with Gasteiger partial charge in [0.05, 0.1) is 0 Å². The molecule has 0 heterocycles. The lowest BCUT2D eigenvalue weighted by Crippen LogP contribution is -2.31. The first-order chi connectivity index (χ1) is 7.81. The monoisotopic (exact) mass is 281 g/mol. The minimum Gasteiger partial charge on any atom is -0.481 e. The number of halogens is 4. The number of hydrogen-bond donors (Lipinski definition) is 1.